The lowest BCUT2D eigenvalue weighted by atomic mass is 10.00. The van der Waals surface area contributed by atoms with Gasteiger partial charge in [0.25, 0.3) is 10.0 Å². The van der Waals surface area contributed by atoms with E-state index in [1.807, 2.05) is 55.5 Å². The van der Waals surface area contributed by atoms with Crippen molar-refractivity contribution in [1.82, 2.24) is 14.3 Å². The van der Waals surface area contributed by atoms with Crippen LogP contribution in [0, 0.1) is 0 Å². The van der Waals surface area contributed by atoms with E-state index in [1.54, 1.807) is 75.6 Å². The molecular formula is C35H36N4O5S. The van der Waals surface area contributed by atoms with Gasteiger partial charge in [-0.25, -0.2) is 22.2 Å². The highest BCUT2D eigenvalue weighted by atomic mass is 32.2. The van der Waals surface area contributed by atoms with E-state index in [4.69, 9.17) is 4.74 Å². The minimum atomic E-state index is -3.86. The lowest BCUT2D eigenvalue weighted by Crippen LogP contribution is -2.47. The lowest BCUT2D eigenvalue weighted by Gasteiger charge is -2.23. The maximum atomic E-state index is 13.5. The van der Waals surface area contributed by atoms with Crippen LogP contribution >= 0.6 is 0 Å². The van der Waals surface area contributed by atoms with Crippen LogP contribution < -0.4 is 10.6 Å². The van der Waals surface area contributed by atoms with Gasteiger partial charge in [0.15, 0.2) is 5.65 Å². The number of rotatable bonds is 9. The number of pyridine rings is 1. The fourth-order valence-corrected chi connectivity index (χ4v) is 6.43. The maximum Gasteiger partial charge on any atom is 0.408 e. The number of hydrogen-bond acceptors (Lipinski definition) is 6. The summed E-state index contributed by atoms with van der Waals surface area (Å²) in [5.74, 6) is -0.389. The monoisotopic (exact) mass is 624 g/mol. The quantitative estimate of drug-likeness (QED) is 0.191. The Labute approximate surface area is 263 Å². The SMILES string of the molecule is CCc1cn(S(=O)(=O)c2ccccc2)c2nccc(-c3ccc(NC(=O)[C@@H](Cc4ccccc4)NC(=O)OC(C)(C)C)cc3)c12. The fraction of sp³-hybridized carbons (Fsp3) is 0.229. The van der Waals surface area contributed by atoms with Crippen molar-refractivity contribution in [2.45, 2.75) is 57.1 Å². The summed E-state index contributed by atoms with van der Waals surface area (Å²) >= 11 is 0. The number of hydrogen-bond donors (Lipinski definition) is 2. The Bertz CT molecular complexity index is 1910. The number of benzene rings is 3. The van der Waals surface area contributed by atoms with E-state index in [0.717, 1.165) is 27.6 Å². The molecule has 5 aromatic rings. The van der Waals surface area contributed by atoms with Gasteiger partial charge in [0, 0.05) is 29.9 Å². The van der Waals surface area contributed by atoms with Gasteiger partial charge in [0.05, 0.1) is 4.90 Å². The molecule has 2 aromatic heterocycles. The number of carbonyl (C=O) groups excluding carboxylic acids is 2. The molecule has 0 spiro atoms. The minimum Gasteiger partial charge on any atom is -0.444 e. The van der Waals surface area contributed by atoms with E-state index < -0.39 is 27.8 Å². The maximum absolute atomic E-state index is 13.5. The molecule has 0 aliphatic carbocycles. The second kappa shape index (κ2) is 13.0. The third-order valence-corrected chi connectivity index (χ3v) is 8.83. The summed E-state index contributed by atoms with van der Waals surface area (Å²) in [5.41, 5.74) is 3.57. The number of anilines is 1. The van der Waals surface area contributed by atoms with E-state index in [0.29, 0.717) is 17.8 Å². The molecule has 3 aromatic carbocycles. The van der Waals surface area contributed by atoms with E-state index >= 15 is 0 Å². The van der Waals surface area contributed by atoms with E-state index in [9.17, 15) is 18.0 Å². The van der Waals surface area contributed by atoms with Crippen molar-refractivity contribution in [2.75, 3.05) is 5.32 Å². The van der Waals surface area contributed by atoms with Crippen LogP contribution in [0.4, 0.5) is 10.5 Å². The highest BCUT2D eigenvalue weighted by Crippen LogP contribution is 2.34. The Morgan fingerprint density at radius 1 is 0.911 bits per heavy atom. The molecule has 10 heteroatoms. The minimum absolute atomic E-state index is 0.184. The van der Waals surface area contributed by atoms with Gasteiger partial charge in [-0.1, -0.05) is 67.6 Å². The first-order chi connectivity index (χ1) is 21.5. The van der Waals surface area contributed by atoms with Crippen molar-refractivity contribution in [3.8, 4) is 11.1 Å². The molecule has 0 aliphatic rings. The molecule has 45 heavy (non-hydrogen) atoms. The molecule has 0 aliphatic heterocycles. The number of ether oxygens (including phenoxy) is 1. The summed E-state index contributed by atoms with van der Waals surface area (Å²) < 4.78 is 33.7. The predicted molar refractivity (Wildman–Crippen MR) is 176 cm³/mol. The van der Waals surface area contributed by atoms with E-state index in [1.165, 1.54) is 3.97 Å². The molecular weight excluding hydrogens is 588 g/mol. The summed E-state index contributed by atoms with van der Waals surface area (Å²) in [6.45, 7) is 7.26. The first-order valence-electron chi connectivity index (χ1n) is 14.7. The molecule has 1 atom stereocenters. The molecule has 0 fully saturated rings. The number of nitrogens with zero attached hydrogens (tertiary/aromatic N) is 2. The molecule has 0 saturated carbocycles. The van der Waals surface area contributed by atoms with Crippen molar-refractivity contribution in [3.63, 3.8) is 0 Å². The van der Waals surface area contributed by atoms with E-state index in [2.05, 4.69) is 15.6 Å². The summed E-state index contributed by atoms with van der Waals surface area (Å²) in [6.07, 6.45) is 3.45. The van der Waals surface area contributed by atoms with Crippen molar-refractivity contribution >= 4 is 38.7 Å². The molecule has 0 unspecified atom stereocenters. The normalized spacial score (nSPS) is 12.4. The first-order valence-corrected chi connectivity index (χ1v) is 16.1. The van der Waals surface area contributed by atoms with Crippen LogP contribution in [0.25, 0.3) is 22.2 Å². The third-order valence-electron chi connectivity index (χ3n) is 7.17. The van der Waals surface area contributed by atoms with Crippen LogP contribution in [-0.4, -0.2) is 41.0 Å². The highest BCUT2D eigenvalue weighted by molar-refractivity contribution is 7.90. The smallest absolute Gasteiger partial charge is 0.408 e. The molecule has 2 heterocycles. The fourth-order valence-electron chi connectivity index (χ4n) is 5.07. The largest absolute Gasteiger partial charge is 0.444 e. The second-order valence-corrected chi connectivity index (χ2v) is 13.4. The van der Waals surface area contributed by atoms with Gasteiger partial charge in [-0.3, -0.25) is 4.79 Å². The zero-order chi connectivity index (χ0) is 32.2. The average Bonchev–Trinajstić information content (AvgIpc) is 3.41. The number of carbonyl (C=O) groups is 2. The van der Waals surface area contributed by atoms with Crippen molar-refractivity contribution in [3.05, 3.63) is 115 Å². The predicted octanol–water partition coefficient (Wildman–Crippen LogP) is 6.58. The van der Waals surface area contributed by atoms with Crippen LogP contribution in [0.2, 0.25) is 0 Å². The number of amides is 2. The average molecular weight is 625 g/mol. The van der Waals surface area contributed by atoms with Gasteiger partial charge in [-0.15, -0.1) is 0 Å². The van der Waals surface area contributed by atoms with Crippen LogP contribution in [0.5, 0.6) is 0 Å². The molecule has 9 nitrogen and oxygen atoms in total. The Balaban J connectivity index is 1.41. The zero-order valence-electron chi connectivity index (χ0n) is 25.7. The number of fused-ring (bicyclic) bond motifs is 1. The van der Waals surface area contributed by atoms with E-state index in [-0.39, 0.29) is 17.2 Å². The van der Waals surface area contributed by atoms with Gasteiger partial charge in [0.2, 0.25) is 5.91 Å². The Morgan fingerprint density at radius 2 is 1.56 bits per heavy atom. The van der Waals surface area contributed by atoms with Gasteiger partial charge in [-0.05, 0) is 79.8 Å². The van der Waals surface area contributed by atoms with Gasteiger partial charge in [0.1, 0.15) is 11.6 Å². The molecule has 2 amide bonds. The zero-order valence-corrected chi connectivity index (χ0v) is 26.5. The Hall–Kier alpha value is -4.96. The summed E-state index contributed by atoms with van der Waals surface area (Å²) in [7, 11) is -3.86. The number of aryl methyl sites for hydroxylation is 1. The standard InChI is InChI=1S/C35H36N4O5S/c1-5-25-23-39(45(42,43)28-14-10-7-11-15-28)32-31(25)29(20-21-36-32)26-16-18-27(19-17-26)37-33(40)30(22-24-12-8-6-9-13-24)38-34(41)44-35(2,3)4/h6-21,23,30H,5,22H2,1-4H3,(H,37,40)(H,38,41)/t30-/m1/s1. The summed E-state index contributed by atoms with van der Waals surface area (Å²) in [4.78, 5) is 30.6. The lowest BCUT2D eigenvalue weighted by molar-refractivity contribution is -0.118. The third kappa shape index (κ3) is 7.24. The Morgan fingerprint density at radius 3 is 2.18 bits per heavy atom. The number of alkyl carbamates (subject to hydrolysis) is 1. The topological polar surface area (TPSA) is 119 Å². The van der Waals surface area contributed by atoms with Crippen molar-refractivity contribution < 1.29 is 22.7 Å². The highest BCUT2D eigenvalue weighted by Gasteiger charge is 2.26. The van der Waals surface area contributed by atoms with Gasteiger partial charge < -0.3 is 15.4 Å². The van der Waals surface area contributed by atoms with Crippen LogP contribution in [0.15, 0.2) is 108 Å². The van der Waals surface area contributed by atoms with Gasteiger partial charge in [-0.2, -0.15) is 0 Å². The van der Waals surface area contributed by atoms with Crippen LogP contribution in [0.3, 0.4) is 0 Å². The number of aromatic nitrogens is 2. The molecule has 232 valence electrons. The Kier molecular flexibility index (Phi) is 9.06. The first kappa shape index (κ1) is 31.5. The molecule has 0 bridgehead atoms. The van der Waals surface area contributed by atoms with Crippen LogP contribution in [-0.2, 0) is 32.4 Å². The van der Waals surface area contributed by atoms with Crippen molar-refractivity contribution in [1.29, 1.82) is 0 Å². The summed E-state index contributed by atoms with van der Waals surface area (Å²) in [6, 6.07) is 26.0. The number of nitrogens with one attached hydrogen (secondary N) is 2. The molecule has 2 N–H and O–H groups in total. The molecule has 5 rings (SSSR count). The van der Waals surface area contributed by atoms with Gasteiger partial charge >= 0.3 is 6.09 Å². The molecule has 0 radical (unpaired) electrons. The van der Waals surface area contributed by atoms with Crippen LogP contribution in [0.1, 0.15) is 38.8 Å². The molecule has 0 saturated heterocycles. The summed E-state index contributed by atoms with van der Waals surface area (Å²) in [5, 5.41) is 6.36. The van der Waals surface area contributed by atoms with Crippen molar-refractivity contribution in [2.24, 2.45) is 0 Å². The second-order valence-electron chi connectivity index (χ2n) is 11.6.